The van der Waals surface area contributed by atoms with Crippen LogP contribution in [0.4, 0.5) is 5.69 Å². The van der Waals surface area contributed by atoms with Gasteiger partial charge < -0.3 is 10.6 Å². The third kappa shape index (κ3) is 3.38. The van der Waals surface area contributed by atoms with Crippen molar-refractivity contribution in [1.29, 1.82) is 0 Å². The normalized spacial score (nSPS) is 32.9. The van der Waals surface area contributed by atoms with E-state index in [0.29, 0.717) is 11.0 Å². The van der Waals surface area contributed by atoms with Crippen molar-refractivity contribution in [2.24, 2.45) is 23.2 Å². The molecule has 4 saturated carbocycles. The Hall–Kier alpha value is -1.84. The lowest BCUT2D eigenvalue weighted by molar-refractivity contribution is -0.124. The topological polar surface area (TPSA) is 58.2 Å². The molecular weight excluding hydrogens is 324 g/mol. The second-order valence-electron chi connectivity index (χ2n) is 9.06. The molecule has 1 aromatic rings. The molecule has 0 radical (unpaired) electrons. The standard InChI is InChI=1S/C22H30N2O2/c1-14(25)19-3-5-20(6-4-19)23-13-21(26)24-15(2)22-10-16-7-17(11-22)9-18(8-16)12-22/h3-6,15-18,23H,7-13H2,1-2H3,(H,24,26)/t15-,16?,17?,18?,22?/m1/s1. The van der Waals surface area contributed by atoms with E-state index in [4.69, 9.17) is 0 Å². The number of hydrogen-bond acceptors (Lipinski definition) is 3. The van der Waals surface area contributed by atoms with Crippen LogP contribution in [0.15, 0.2) is 24.3 Å². The van der Waals surface area contributed by atoms with Crippen LogP contribution in [0.1, 0.15) is 62.7 Å². The lowest BCUT2D eigenvalue weighted by Crippen LogP contribution is -2.56. The number of hydrogen-bond donors (Lipinski definition) is 2. The monoisotopic (exact) mass is 354 g/mol. The third-order valence-electron chi connectivity index (χ3n) is 7.13. The van der Waals surface area contributed by atoms with Gasteiger partial charge in [-0.25, -0.2) is 0 Å². The summed E-state index contributed by atoms with van der Waals surface area (Å²) in [4.78, 5) is 23.8. The van der Waals surface area contributed by atoms with E-state index in [1.165, 1.54) is 38.5 Å². The molecule has 1 atom stereocenters. The zero-order chi connectivity index (χ0) is 18.3. The molecule has 0 spiro atoms. The average molecular weight is 354 g/mol. The van der Waals surface area contributed by atoms with E-state index < -0.39 is 0 Å². The average Bonchev–Trinajstić information content (AvgIpc) is 2.59. The van der Waals surface area contributed by atoms with Gasteiger partial charge in [0, 0.05) is 17.3 Å². The molecule has 4 heteroatoms. The Bertz CT molecular complexity index is 659. The highest BCUT2D eigenvalue weighted by atomic mass is 16.2. The number of nitrogens with one attached hydrogen (secondary N) is 2. The lowest BCUT2D eigenvalue weighted by Gasteiger charge is -2.59. The first-order valence-electron chi connectivity index (χ1n) is 10.1. The van der Waals surface area contributed by atoms with E-state index in [9.17, 15) is 9.59 Å². The minimum absolute atomic E-state index is 0.0543. The van der Waals surface area contributed by atoms with E-state index in [1.54, 1.807) is 19.1 Å². The zero-order valence-electron chi connectivity index (χ0n) is 15.9. The highest BCUT2D eigenvalue weighted by Gasteiger charge is 2.53. The first-order chi connectivity index (χ1) is 12.4. The maximum Gasteiger partial charge on any atom is 0.239 e. The molecule has 4 nitrogen and oxygen atoms in total. The number of ketones is 1. The van der Waals surface area contributed by atoms with Crippen molar-refractivity contribution in [3.63, 3.8) is 0 Å². The lowest BCUT2D eigenvalue weighted by atomic mass is 9.48. The predicted octanol–water partition coefficient (Wildman–Crippen LogP) is 4.02. The number of Topliss-reactive ketones (excluding diaryl/α,β-unsaturated/α-hetero) is 1. The molecule has 140 valence electrons. The smallest absolute Gasteiger partial charge is 0.239 e. The fraction of sp³-hybridized carbons (Fsp3) is 0.636. The van der Waals surface area contributed by atoms with Crippen molar-refractivity contribution in [2.45, 2.75) is 58.4 Å². The van der Waals surface area contributed by atoms with Crippen molar-refractivity contribution < 1.29 is 9.59 Å². The van der Waals surface area contributed by atoms with Gasteiger partial charge in [-0.1, -0.05) is 0 Å². The number of benzene rings is 1. The zero-order valence-corrected chi connectivity index (χ0v) is 15.9. The Labute approximate surface area is 156 Å². The number of anilines is 1. The van der Waals surface area contributed by atoms with Crippen molar-refractivity contribution >= 4 is 17.4 Å². The second kappa shape index (κ2) is 6.71. The largest absolute Gasteiger partial charge is 0.376 e. The summed E-state index contributed by atoms with van der Waals surface area (Å²) in [7, 11) is 0. The highest BCUT2D eigenvalue weighted by molar-refractivity contribution is 5.94. The molecule has 4 aliphatic rings. The number of amides is 1. The van der Waals surface area contributed by atoms with Crippen LogP contribution in [-0.4, -0.2) is 24.3 Å². The molecule has 4 bridgehead atoms. The molecule has 1 amide bonds. The minimum Gasteiger partial charge on any atom is -0.376 e. The summed E-state index contributed by atoms with van der Waals surface area (Å²) >= 11 is 0. The van der Waals surface area contributed by atoms with E-state index in [1.807, 2.05) is 12.1 Å². The summed E-state index contributed by atoms with van der Waals surface area (Å²) in [5.74, 6) is 2.82. The summed E-state index contributed by atoms with van der Waals surface area (Å²) in [5, 5.41) is 6.45. The van der Waals surface area contributed by atoms with Crippen LogP contribution in [0.2, 0.25) is 0 Å². The van der Waals surface area contributed by atoms with E-state index >= 15 is 0 Å². The van der Waals surface area contributed by atoms with Crippen LogP contribution in [0.3, 0.4) is 0 Å². The summed E-state index contributed by atoms with van der Waals surface area (Å²) in [6.07, 6.45) is 8.20. The summed E-state index contributed by atoms with van der Waals surface area (Å²) in [6.45, 7) is 4.05. The molecule has 0 unspecified atom stereocenters. The fourth-order valence-electron chi connectivity index (χ4n) is 6.16. The molecule has 2 N–H and O–H groups in total. The van der Waals surface area contributed by atoms with Crippen LogP contribution >= 0.6 is 0 Å². The summed E-state index contributed by atoms with van der Waals surface area (Å²) < 4.78 is 0. The fourth-order valence-corrected chi connectivity index (χ4v) is 6.16. The molecule has 0 aromatic heterocycles. The van der Waals surface area contributed by atoms with Gasteiger partial charge >= 0.3 is 0 Å². The van der Waals surface area contributed by atoms with Crippen LogP contribution in [0.25, 0.3) is 0 Å². The Morgan fingerprint density at radius 3 is 2.08 bits per heavy atom. The quantitative estimate of drug-likeness (QED) is 0.759. The van der Waals surface area contributed by atoms with E-state index in [0.717, 1.165) is 23.4 Å². The van der Waals surface area contributed by atoms with Crippen molar-refractivity contribution in [3.8, 4) is 0 Å². The Morgan fingerprint density at radius 1 is 1.04 bits per heavy atom. The van der Waals surface area contributed by atoms with Crippen molar-refractivity contribution in [2.75, 3.05) is 11.9 Å². The number of carbonyl (C=O) groups excluding carboxylic acids is 2. The molecule has 5 rings (SSSR count). The van der Waals surface area contributed by atoms with Crippen LogP contribution < -0.4 is 10.6 Å². The van der Waals surface area contributed by atoms with Gasteiger partial charge in [-0.3, -0.25) is 9.59 Å². The van der Waals surface area contributed by atoms with Crippen LogP contribution in [0.5, 0.6) is 0 Å². The van der Waals surface area contributed by atoms with Gasteiger partial charge in [-0.05, 0) is 99.8 Å². The minimum atomic E-state index is 0.0543. The first-order valence-corrected chi connectivity index (χ1v) is 10.1. The second-order valence-corrected chi connectivity index (χ2v) is 9.06. The first kappa shape index (κ1) is 17.6. The molecule has 0 aliphatic heterocycles. The predicted molar refractivity (Wildman–Crippen MR) is 103 cm³/mol. The maximum absolute atomic E-state index is 12.5. The van der Waals surface area contributed by atoms with Gasteiger partial charge in [0.05, 0.1) is 6.54 Å². The Balaban J connectivity index is 1.31. The Kier molecular flexibility index (Phi) is 4.54. The summed E-state index contributed by atoms with van der Waals surface area (Å²) in [5.41, 5.74) is 1.90. The van der Waals surface area contributed by atoms with E-state index in [2.05, 4.69) is 17.6 Å². The molecule has 26 heavy (non-hydrogen) atoms. The van der Waals surface area contributed by atoms with E-state index in [-0.39, 0.29) is 24.3 Å². The molecule has 0 heterocycles. The van der Waals surface area contributed by atoms with Crippen LogP contribution in [-0.2, 0) is 4.79 Å². The SMILES string of the molecule is CC(=O)c1ccc(NCC(=O)N[C@H](C)C23CC4CC(CC(C4)C2)C3)cc1. The molecule has 0 saturated heterocycles. The van der Waals surface area contributed by atoms with Gasteiger partial charge in [-0.15, -0.1) is 0 Å². The van der Waals surface area contributed by atoms with Gasteiger partial charge in [0.15, 0.2) is 5.78 Å². The summed E-state index contributed by atoms with van der Waals surface area (Å²) in [6, 6.07) is 7.55. The van der Waals surface area contributed by atoms with Crippen molar-refractivity contribution in [1.82, 2.24) is 5.32 Å². The maximum atomic E-state index is 12.5. The number of carbonyl (C=O) groups is 2. The Morgan fingerprint density at radius 2 is 1.58 bits per heavy atom. The van der Waals surface area contributed by atoms with Gasteiger partial charge in [0.1, 0.15) is 0 Å². The van der Waals surface area contributed by atoms with Gasteiger partial charge in [0.25, 0.3) is 0 Å². The molecule has 4 aliphatic carbocycles. The van der Waals surface area contributed by atoms with Gasteiger partial charge in [-0.2, -0.15) is 0 Å². The van der Waals surface area contributed by atoms with Crippen LogP contribution in [0, 0.1) is 23.2 Å². The molecule has 4 fully saturated rings. The molecular formula is C22H30N2O2. The van der Waals surface area contributed by atoms with Crippen molar-refractivity contribution in [3.05, 3.63) is 29.8 Å². The molecule has 1 aromatic carbocycles. The van der Waals surface area contributed by atoms with Gasteiger partial charge in [0.2, 0.25) is 5.91 Å². The highest BCUT2D eigenvalue weighted by Crippen LogP contribution is 2.61. The number of rotatable bonds is 6. The third-order valence-corrected chi connectivity index (χ3v) is 7.13.